The Morgan fingerprint density at radius 3 is 2.16 bits per heavy atom. The Hall–Kier alpha value is -2.86. The Morgan fingerprint density at radius 2 is 1.55 bits per heavy atom. The molecule has 6 nitrogen and oxygen atoms in total. The molecule has 2 aromatic carbocycles. The molecule has 0 aromatic heterocycles. The molecule has 1 heterocycles. The number of carbonyl (C=O) groups excluding carboxylic acids is 1. The maximum atomic E-state index is 12.9. The summed E-state index contributed by atoms with van der Waals surface area (Å²) in [4.78, 5) is 26.0. The largest absolute Gasteiger partial charge is 0.480 e. The molecule has 1 saturated heterocycles. The van der Waals surface area contributed by atoms with Gasteiger partial charge in [0.1, 0.15) is 12.6 Å². The lowest BCUT2D eigenvalue weighted by atomic mass is 9.98. The number of benzene rings is 2. The number of carbonyl (C=O) groups is 2. The lowest BCUT2D eigenvalue weighted by molar-refractivity contribution is -0.141. The zero-order valence-electron chi connectivity index (χ0n) is 17.4. The van der Waals surface area contributed by atoms with Gasteiger partial charge in [-0.05, 0) is 35.1 Å². The van der Waals surface area contributed by atoms with Gasteiger partial charge in [0.2, 0.25) is 0 Å². The number of amides is 1. The quantitative estimate of drug-likeness (QED) is 0.773. The predicted molar refractivity (Wildman–Crippen MR) is 115 cm³/mol. The molecule has 162 valence electrons. The van der Waals surface area contributed by atoms with Gasteiger partial charge in [-0.15, -0.1) is 0 Å². The van der Waals surface area contributed by atoms with Gasteiger partial charge in [-0.1, -0.05) is 61.4 Å². The number of hydrogen-bond acceptors (Lipinski definition) is 4. The van der Waals surface area contributed by atoms with E-state index < -0.39 is 18.1 Å². The van der Waals surface area contributed by atoms with Crippen LogP contribution in [0.1, 0.15) is 49.1 Å². The van der Waals surface area contributed by atoms with Gasteiger partial charge in [0.05, 0.1) is 18.8 Å². The summed E-state index contributed by atoms with van der Waals surface area (Å²) in [6.45, 7) is 0.452. The lowest BCUT2D eigenvalue weighted by Crippen LogP contribution is -2.41. The number of hydrogen-bond donors (Lipinski definition) is 1. The van der Waals surface area contributed by atoms with Gasteiger partial charge in [0, 0.05) is 12.3 Å². The van der Waals surface area contributed by atoms with Crippen molar-refractivity contribution in [3.05, 3.63) is 59.7 Å². The molecule has 0 bridgehead atoms. The molecule has 0 spiro atoms. The minimum absolute atomic E-state index is 0.0484. The summed E-state index contributed by atoms with van der Waals surface area (Å²) < 4.78 is 11.8. The zero-order valence-corrected chi connectivity index (χ0v) is 17.4. The van der Waals surface area contributed by atoms with E-state index in [1.54, 1.807) is 0 Å². The lowest BCUT2D eigenvalue weighted by Gasteiger charge is -2.22. The van der Waals surface area contributed by atoms with E-state index in [-0.39, 0.29) is 31.3 Å². The van der Waals surface area contributed by atoms with Crippen LogP contribution in [0.3, 0.4) is 0 Å². The smallest absolute Gasteiger partial charge is 0.410 e. The Kier molecular flexibility index (Phi) is 5.40. The normalized spacial score (nSPS) is 23.0. The van der Waals surface area contributed by atoms with Gasteiger partial charge >= 0.3 is 12.1 Å². The van der Waals surface area contributed by atoms with E-state index in [2.05, 4.69) is 24.3 Å². The number of fused-ring (bicyclic) bond motifs is 3. The van der Waals surface area contributed by atoms with Crippen molar-refractivity contribution in [3.8, 4) is 11.1 Å². The summed E-state index contributed by atoms with van der Waals surface area (Å²) in [6, 6.07) is 15.4. The Balaban J connectivity index is 1.28. The standard InChI is InChI=1S/C25H27NO5/c27-24(28)23-13-17(31-16-7-1-2-8-16)14-26(23)25(29)30-15-22-20-11-5-3-9-18(20)19-10-4-6-12-21(19)22/h3-6,9-12,16-17,22-23H,1-2,7-8,13-15H2,(H,27,28)/t17?,23-/m0/s1. The molecule has 31 heavy (non-hydrogen) atoms. The van der Waals surface area contributed by atoms with Gasteiger partial charge in [-0.25, -0.2) is 9.59 Å². The number of carboxylic acid groups (broad SMARTS) is 1. The van der Waals surface area contributed by atoms with Crippen LogP contribution in [0.15, 0.2) is 48.5 Å². The first-order chi connectivity index (χ1) is 15.1. The number of rotatable bonds is 5. The third kappa shape index (κ3) is 3.81. The minimum atomic E-state index is -1.01. The first-order valence-electron chi connectivity index (χ1n) is 11.1. The van der Waals surface area contributed by atoms with Gasteiger partial charge in [-0.2, -0.15) is 0 Å². The second kappa shape index (κ2) is 8.35. The number of ether oxygens (including phenoxy) is 2. The summed E-state index contributed by atoms with van der Waals surface area (Å²) in [7, 11) is 0. The molecule has 2 aromatic rings. The summed E-state index contributed by atoms with van der Waals surface area (Å²) in [5.74, 6) is -1.06. The molecule has 2 fully saturated rings. The fourth-order valence-electron chi connectivity index (χ4n) is 5.31. The van der Waals surface area contributed by atoms with Gasteiger partial charge in [0.25, 0.3) is 0 Å². The molecule has 1 unspecified atom stereocenters. The number of likely N-dealkylation sites (tertiary alicyclic amines) is 1. The molecule has 1 saturated carbocycles. The van der Waals surface area contributed by atoms with E-state index in [0.29, 0.717) is 6.42 Å². The highest BCUT2D eigenvalue weighted by atomic mass is 16.6. The number of aliphatic carboxylic acids is 1. The fraction of sp³-hybridized carbons (Fsp3) is 0.440. The third-order valence-corrected chi connectivity index (χ3v) is 6.81. The molecular formula is C25H27NO5. The first kappa shape index (κ1) is 20.1. The highest BCUT2D eigenvalue weighted by Gasteiger charge is 2.42. The molecule has 2 atom stereocenters. The van der Waals surface area contributed by atoms with Gasteiger partial charge in [0.15, 0.2) is 0 Å². The van der Waals surface area contributed by atoms with E-state index in [1.165, 1.54) is 4.90 Å². The number of nitrogens with zero attached hydrogens (tertiary/aromatic N) is 1. The van der Waals surface area contributed by atoms with Crippen molar-refractivity contribution < 1.29 is 24.2 Å². The van der Waals surface area contributed by atoms with Crippen LogP contribution >= 0.6 is 0 Å². The van der Waals surface area contributed by atoms with Crippen molar-refractivity contribution in [2.75, 3.05) is 13.2 Å². The third-order valence-electron chi connectivity index (χ3n) is 6.81. The molecule has 3 aliphatic rings. The maximum absolute atomic E-state index is 12.9. The van der Waals surface area contributed by atoms with Crippen molar-refractivity contribution in [1.82, 2.24) is 4.90 Å². The Labute approximate surface area is 181 Å². The molecule has 1 aliphatic heterocycles. The van der Waals surface area contributed by atoms with E-state index in [0.717, 1.165) is 47.9 Å². The molecule has 2 aliphatic carbocycles. The summed E-state index contributed by atoms with van der Waals surface area (Å²) in [6.07, 6.45) is 4.00. The number of carboxylic acids is 1. The molecule has 1 N–H and O–H groups in total. The summed E-state index contributed by atoms with van der Waals surface area (Å²) in [5, 5.41) is 9.65. The minimum Gasteiger partial charge on any atom is -0.480 e. The van der Waals surface area contributed by atoms with E-state index in [4.69, 9.17) is 9.47 Å². The monoisotopic (exact) mass is 421 g/mol. The molecular weight excluding hydrogens is 394 g/mol. The van der Waals surface area contributed by atoms with Crippen LogP contribution in [0.2, 0.25) is 0 Å². The van der Waals surface area contributed by atoms with Crippen molar-refractivity contribution in [2.24, 2.45) is 0 Å². The van der Waals surface area contributed by atoms with Crippen LogP contribution in [0.5, 0.6) is 0 Å². The van der Waals surface area contributed by atoms with Crippen molar-refractivity contribution in [3.63, 3.8) is 0 Å². The maximum Gasteiger partial charge on any atom is 0.410 e. The molecule has 0 radical (unpaired) electrons. The highest BCUT2D eigenvalue weighted by Crippen LogP contribution is 2.44. The van der Waals surface area contributed by atoms with Crippen molar-refractivity contribution in [2.45, 2.75) is 56.3 Å². The summed E-state index contributed by atoms with van der Waals surface area (Å²) >= 11 is 0. The predicted octanol–water partition coefficient (Wildman–Crippen LogP) is 4.42. The van der Waals surface area contributed by atoms with E-state index in [9.17, 15) is 14.7 Å². The van der Waals surface area contributed by atoms with Crippen LogP contribution in [-0.4, -0.2) is 53.5 Å². The molecule has 6 heteroatoms. The van der Waals surface area contributed by atoms with E-state index in [1.807, 2.05) is 24.3 Å². The van der Waals surface area contributed by atoms with E-state index >= 15 is 0 Å². The van der Waals surface area contributed by atoms with Crippen LogP contribution in [0.25, 0.3) is 11.1 Å². The van der Waals surface area contributed by atoms with Crippen LogP contribution in [0.4, 0.5) is 4.79 Å². The molecule has 1 amide bonds. The van der Waals surface area contributed by atoms with Crippen molar-refractivity contribution >= 4 is 12.1 Å². The average Bonchev–Trinajstić information content (AvgIpc) is 3.50. The van der Waals surface area contributed by atoms with Crippen LogP contribution in [-0.2, 0) is 14.3 Å². The zero-order chi connectivity index (χ0) is 21.4. The van der Waals surface area contributed by atoms with Gasteiger partial charge in [-0.3, -0.25) is 4.90 Å². The topological polar surface area (TPSA) is 76.1 Å². The Bertz CT molecular complexity index is 938. The highest BCUT2D eigenvalue weighted by molar-refractivity contribution is 5.81. The van der Waals surface area contributed by atoms with Crippen molar-refractivity contribution in [1.29, 1.82) is 0 Å². The Morgan fingerprint density at radius 1 is 0.935 bits per heavy atom. The fourth-order valence-corrected chi connectivity index (χ4v) is 5.31. The van der Waals surface area contributed by atoms with Gasteiger partial charge < -0.3 is 14.6 Å². The van der Waals surface area contributed by atoms with Crippen LogP contribution in [0, 0.1) is 0 Å². The average molecular weight is 421 g/mol. The summed E-state index contributed by atoms with van der Waals surface area (Å²) in [5.41, 5.74) is 4.59. The first-order valence-corrected chi connectivity index (χ1v) is 11.1. The second-order valence-corrected chi connectivity index (χ2v) is 8.71. The SMILES string of the molecule is O=C(O)[C@@H]1CC(OC2CCCC2)CN1C(=O)OCC1c2ccccc2-c2ccccc21. The van der Waals surface area contributed by atoms with Crippen LogP contribution < -0.4 is 0 Å². The molecule has 5 rings (SSSR count). The second-order valence-electron chi connectivity index (χ2n) is 8.71.